The van der Waals surface area contributed by atoms with Crippen LogP contribution in [0.15, 0.2) is 29.2 Å². The fraction of sp³-hybridized carbons (Fsp3) is 0.500. The first kappa shape index (κ1) is 13.5. The van der Waals surface area contributed by atoms with Crippen LogP contribution in [0.5, 0.6) is 0 Å². The molecular weight excluding hydrogens is 254 g/mol. The van der Waals surface area contributed by atoms with Gasteiger partial charge in [0.25, 0.3) is 0 Å². The summed E-state index contributed by atoms with van der Waals surface area (Å²) in [5.74, 6) is 0. The van der Waals surface area contributed by atoms with Gasteiger partial charge in [-0.25, -0.2) is 8.42 Å². The molecule has 1 aliphatic heterocycles. The highest BCUT2D eigenvalue weighted by Gasteiger charge is 2.31. The molecule has 6 heteroatoms. The topological polar surface area (TPSA) is 77.8 Å². The van der Waals surface area contributed by atoms with Crippen LogP contribution in [0.3, 0.4) is 0 Å². The van der Waals surface area contributed by atoms with Crippen LogP contribution in [-0.4, -0.2) is 42.1 Å². The highest BCUT2D eigenvalue weighted by molar-refractivity contribution is 7.89. The van der Waals surface area contributed by atoms with Gasteiger partial charge in [0, 0.05) is 13.1 Å². The van der Waals surface area contributed by atoms with Crippen molar-refractivity contribution in [1.82, 2.24) is 4.31 Å². The van der Waals surface area contributed by atoms with Crippen LogP contribution in [0.2, 0.25) is 0 Å². The summed E-state index contributed by atoms with van der Waals surface area (Å²) in [4.78, 5) is 0.195. The van der Waals surface area contributed by atoms with Crippen molar-refractivity contribution in [3.8, 4) is 0 Å². The van der Waals surface area contributed by atoms with Crippen LogP contribution in [0.4, 0.5) is 0 Å². The third-order valence-electron chi connectivity index (χ3n) is 3.13. The maximum Gasteiger partial charge on any atom is 0.243 e. The zero-order valence-corrected chi connectivity index (χ0v) is 11.0. The summed E-state index contributed by atoms with van der Waals surface area (Å²) in [5, 5.41) is 18.8. The molecule has 1 aromatic carbocycles. The Balaban J connectivity index is 2.25. The summed E-state index contributed by atoms with van der Waals surface area (Å²) in [7, 11) is -3.52. The molecular formula is C12H17NO4S. The second kappa shape index (κ2) is 4.97. The second-order valence-electron chi connectivity index (χ2n) is 4.55. The molecule has 5 nitrogen and oxygen atoms in total. The molecule has 0 bridgehead atoms. The van der Waals surface area contributed by atoms with E-state index >= 15 is 0 Å². The first-order chi connectivity index (χ1) is 8.41. The molecule has 2 N–H and O–H groups in total. The monoisotopic (exact) mass is 271 g/mol. The Hall–Kier alpha value is -0.950. The largest absolute Gasteiger partial charge is 0.392 e. The Morgan fingerprint density at radius 3 is 2.39 bits per heavy atom. The number of hydrogen-bond acceptors (Lipinski definition) is 4. The van der Waals surface area contributed by atoms with E-state index in [0.29, 0.717) is 18.5 Å². The first-order valence-electron chi connectivity index (χ1n) is 5.87. The van der Waals surface area contributed by atoms with Gasteiger partial charge in [0.1, 0.15) is 0 Å². The van der Waals surface area contributed by atoms with Gasteiger partial charge < -0.3 is 10.2 Å². The molecule has 0 aromatic heterocycles. The van der Waals surface area contributed by atoms with E-state index in [4.69, 9.17) is 0 Å². The van der Waals surface area contributed by atoms with E-state index in [1.807, 2.05) is 0 Å². The maximum atomic E-state index is 12.2. The SMILES string of the molecule is CC(O)c1ccc(S(=O)(=O)N2CCC(O)C2)cc1. The lowest BCUT2D eigenvalue weighted by Gasteiger charge is -2.16. The average molecular weight is 271 g/mol. The van der Waals surface area contributed by atoms with Crippen molar-refractivity contribution in [2.24, 2.45) is 0 Å². The molecule has 0 saturated carbocycles. The number of β-amino-alcohol motifs (C(OH)–C–C–N with tert-alkyl or cyclic N) is 1. The van der Waals surface area contributed by atoms with Crippen molar-refractivity contribution in [2.75, 3.05) is 13.1 Å². The van der Waals surface area contributed by atoms with Crippen molar-refractivity contribution in [3.63, 3.8) is 0 Å². The molecule has 18 heavy (non-hydrogen) atoms. The Labute approximate surface area is 107 Å². The van der Waals surface area contributed by atoms with E-state index < -0.39 is 22.2 Å². The van der Waals surface area contributed by atoms with E-state index in [2.05, 4.69) is 0 Å². The van der Waals surface area contributed by atoms with Gasteiger partial charge in [0.05, 0.1) is 17.1 Å². The molecule has 0 amide bonds. The number of sulfonamides is 1. The van der Waals surface area contributed by atoms with E-state index in [0.717, 1.165) is 0 Å². The summed E-state index contributed by atoms with van der Waals surface area (Å²) in [6, 6.07) is 6.18. The van der Waals surface area contributed by atoms with Crippen LogP contribution >= 0.6 is 0 Å². The van der Waals surface area contributed by atoms with E-state index in [1.54, 1.807) is 19.1 Å². The van der Waals surface area contributed by atoms with E-state index in [1.165, 1.54) is 16.4 Å². The smallest absolute Gasteiger partial charge is 0.243 e. The van der Waals surface area contributed by atoms with Crippen molar-refractivity contribution in [1.29, 1.82) is 0 Å². The first-order valence-corrected chi connectivity index (χ1v) is 7.31. The number of nitrogens with zero attached hydrogens (tertiary/aromatic N) is 1. The molecule has 1 aliphatic rings. The van der Waals surface area contributed by atoms with Crippen LogP contribution in [-0.2, 0) is 10.0 Å². The summed E-state index contributed by atoms with van der Waals surface area (Å²) in [6.07, 6.45) is -0.711. The van der Waals surface area contributed by atoms with Gasteiger partial charge in [-0.15, -0.1) is 0 Å². The fourth-order valence-corrected chi connectivity index (χ4v) is 3.49. The Morgan fingerprint density at radius 2 is 1.94 bits per heavy atom. The lowest BCUT2D eigenvalue weighted by Crippen LogP contribution is -2.29. The van der Waals surface area contributed by atoms with Crippen molar-refractivity contribution in [2.45, 2.75) is 30.4 Å². The normalized spacial score (nSPS) is 23.2. The highest BCUT2D eigenvalue weighted by Crippen LogP contribution is 2.22. The van der Waals surface area contributed by atoms with Gasteiger partial charge >= 0.3 is 0 Å². The third-order valence-corrected chi connectivity index (χ3v) is 5.01. The number of rotatable bonds is 3. The molecule has 100 valence electrons. The number of hydrogen-bond donors (Lipinski definition) is 2. The van der Waals surface area contributed by atoms with Crippen LogP contribution in [0.25, 0.3) is 0 Å². The Morgan fingerprint density at radius 1 is 1.33 bits per heavy atom. The molecule has 1 aromatic rings. The van der Waals surface area contributed by atoms with Gasteiger partial charge in [-0.05, 0) is 31.0 Å². The minimum atomic E-state index is -3.52. The summed E-state index contributed by atoms with van der Waals surface area (Å²) in [5.41, 5.74) is 0.676. The number of aliphatic hydroxyl groups is 2. The predicted octanol–water partition coefficient (Wildman–Crippen LogP) is 0.495. The lowest BCUT2D eigenvalue weighted by atomic mass is 10.1. The fourth-order valence-electron chi connectivity index (χ4n) is 2.00. The van der Waals surface area contributed by atoms with Gasteiger partial charge in [-0.2, -0.15) is 4.31 Å². The van der Waals surface area contributed by atoms with Crippen molar-refractivity contribution in [3.05, 3.63) is 29.8 Å². The lowest BCUT2D eigenvalue weighted by molar-refractivity contribution is 0.189. The van der Waals surface area contributed by atoms with Crippen LogP contribution in [0, 0.1) is 0 Å². The molecule has 2 rings (SSSR count). The second-order valence-corrected chi connectivity index (χ2v) is 6.49. The maximum absolute atomic E-state index is 12.2. The molecule has 1 fully saturated rings. The van der Waals surface area contributed by atoms with Crippen molar-refractivity contribution < 1.29 is 18.6 Å². The van der Waals surface area contributed by atoms with E-state index in [9.17, 15) is 18.6 Å². The Bertz CT molecular complexity index is 509. The van der Waals surface area contributed by atoms with Crippen LogP contribution < -0.4 is 0 Å². The Kier molecular flexibility index (Phi) is 3.72. The summed E-state index contributed by atoms with van der Waals surface area (Å²) in [6.45, 7) is 2.13. The van der Waals surface area contributed by atoms with Crippen molar-refractivity contribution >= 4 is 10.0 Å². The zero-order valence-electron chi connectivity index (χ0n) is 10.2. The highest BCUT2D eigenvalue weighted by atomic mass is 32.2. The molecule has 0 spiro atoms. The third kappa shape index (κ3) is 2.56. The van der Waals surface area contributed by atoms with Crippen LogP contribution in [0.1, 0.15) is 25.0 Å². The van der Waals surface area contributed by atoms with E-state index in [-0.39, 0.29) is 11.4 Å². The number of aliphatic hydroxyl groups excluding tert-OH is 2. The zero-order chi connectivity index (χ0) is 13.3. The predicted molar refractivity (Wildman–Crippen MR) is 66.5 cm³/mol. The molecule has 1 saturated heterocycles. The molecule has 2 atom stereocenters. The molecule has 2 unspecified atom stereocenters. The molecule has 0 aliphatic carbocycles. The minimum Gasteiger partial charge on any atom is -0.392 e. The minimum absolute atomic E-state index is 0.153. The quantitative estimate of drug-likeness (QED) is 0.839. The molecule has 1 heterocycles. The van der Waals surface area contributed by atoms with Gasteiger partial charge in [0.15, 0.2) is 0 Å². The van der Waals surface area contributed by atoms with Gasteiger partial charge in [-0.3, -0.25) is 0 Å². The van der Waals surface area contributed by atoms with Gasteiger partial charge in [-0.1, -0.05) is 12.1 Å². The average Bonchev–Trinajstić information content (AvgIpc) is 2.76. The summed E-state index contributed by atoms with van der Waals surface area (Å²) >= 11 is 0. The van der Waals surface area contributed by atoms with Gasteiger partial charge in [0.2, 0.25) is 10.0 Å². The molecule has 0 radical (unpaired) electrons. The standard InChI is InChI=1S/C12H17NO4S/c1-9(14)10-2-4-12(5-3-10)18(16,17)13-7-6-11(15)8-13/h2-5,9,11,14-15H,6-8H2,1H3. The summed E-state index contributed by atoms with van der Waals surface area (Å²) < 4.78 is 25.7. The number of benzene rings is 1.